The van der Waals surface area contributed by atoms with E-state index in [1.807, 2.05) is 27.7 Å². The van der Waals surface area contributed by atoms with Crippen LogP contribution in [0, 0.1) is 0 Å². The molecule has 1 atom stereocenters. The zero-order valence-corrected chi connectivity index (χ0v) is 16.1. The van der Waals surface area contributed by atoms with E-state index >= 15 is 0 Å². The zero-order chi connectivity index (χ0) is 20.1. The highest BCUT2D eigenvalue weighted by Crippen LogP contribution is 2.27. The van der Waals surface area contributed by atoms with Crippen molar-refractivity contribution in [2.45, 2.75) is 52.2 Å². The third-order valence-electron chi connectivity index (χ3n) is 4.77. The van der Waals surface area contributed by atoms with Crippen LogP contribution in [0.25, 0.3) is 5.65 Å². The molecule has 3 heterocycles. The predicted molar refractivity (Wildman–Crippen MR) is 97.0 cm³/mol. The second kappa shape index (κ2) is 6.49. The lowest BCUT2D eigenvalue weighted by molar-refractivity contribution is -0.137. The number of ether oxygens (including phenoxy) is 1. The maximum absolute atomic E-state index is 13.0. The molecule has 1 aliphatic rings. The van der Waals surface area contributed by atoms with Gasteiger partial charge in [0.1, 0.15) is 17.9 Å². The first-order valence-electron chi connectivity index (χ1n) is 8.74. The number of fused-ring (bicyclic) bond motifs is 2. The van der Waals surface area contributed by atoms with E-state index in [0.29, 0.717) is 17.9 Å². The maximum atomic E-state index is 13.0. The van der Waals surface area contributed by atoms with Gasteiger partial charge in [-0.1, -0.05) is 20.8 Å². The summed E-state index contributed by atoms with van der Waals surface area (Å²) >= 11 is 0. The Hall–Kier alpha value is -2.68. The van der Waals surface area contributed by atoms with Gasteiger partial charge in [0.05, 0.1) is 30.5 Å². The van der Waals surface area contributed by atoms with Crippen LogP contribution in [-0.4, -0.2) is 55.8 Å². The quantitative estimate of drug-likeness (QED) is 0.830. The van der Waals surface area contributed by atoms with Gasteiger partial charge in [0, 0.05) is 18.6 Å². The second-order valence-electron chi connectivity index (χ2n) is 7.90. The van der Waals surface area contributed by atoms with E-state index < -0.39 is 18.1 Å². The molecule has 0 bridgehead atoms. The molecule has 27 heavy (non-hydrogen) atoms. The number of aliphatic carboxylic acids is 1. The number of aromatic nitrogens is 3. The number of carboxylic acids is 1. The zero-order valence-electron chi connectivity index (χ0n) is 16.1. The van der Waals surface area contributed by atoms with Crippen LogP contribution >= 0.6 is 0 Å². The number of rotatable bonds is 5. The smallest absolute Gasteiger partial charge is 0.323 e. The molecule has 1 aliphatic heterocycles. The van der Waals surface area contributed by atoms with E-state index in [4.69, 9.17) is 4.74 Å². The van der Waals surface area contributed by atoms with E-state index in [2.05, 4.69) is 5.10 Å². The number of amides is 1. The van der Waals surface area contributed by atoms with Crippen LogP contribution in [0.15, 0.2) is 10.9 Å². The molecular formula is C18H24N4O5. The highest BCUT2D eigenvalue weighted by Gasteiger charge is 2.37. The van der Waals surface area contributed by atoms with Crippen molar-refractivity contribution in [1.82, 2.24) is 19.1 Å². The van der Waals surface area contributed by atoms with Crippen LogP contribution in [-0.2, 0) is 28.0 Å². The molecule has 9 heteroatoms. The minimum Gasteiger partial charge on any atom is -0.480 e. The van der Waals surface area contributed by atoms with Crippen molar-refractivity contribution in [3.05, 3.63) is 33.4 Å². The van der Waals surface area contributed by atoms with Gasteiger partial charge in [-0.2, -0.15) is 9.61 Å². The molecule has 146 valence electrons. The molecule has 0 saturated carbocycles. The minimum absolute atomic E-state index is 0.109. The lowest BCUT2D eigenvalue weighted by Crippen LogP contribution is -2.37. The number of carbonyl (C=O) groups is 2. The molecule has 0 aliphatic carbocycles. The molecule has 9 nitrogen and oxygen atoms in total. The summed E-state index contributed by atoms with van der Waals surface area (Å²) in [6.45, 7) is 7.67. The van der Waals surface area contributed by atoms with Gasteiger partial charge in [-0.05, 0) is 6.92 Å². The number of hydrogen-bond acceptors (Lipinski definition) is 5. The number of methoxy groups -OCH3 is 1. The van der Waals surface area contributed by atoms with Crippen LogP contribution < -0.4 is 5.56 Å². The Bertz CT molecular complexity index is 982. The Kier molecular flexibility index (Phi) is 4.59. The summed E-state index contributed by atoms with van der Waals surface area (Å²) in [5.74, 6) is -1.47. The lowest BCUT2D eigenvalue weighted by atomic mass is 9.93. The van der Waals surface area contributed by atoms with Gasteiger partial charge >= 0.3 is 5.97 Å². The fraction of sp³-hybridized carbons (Fsp3) is 0.556. The molecule has 2 aromatic heterocycles. The maximum Gasteiger partial charge on any atom is 0.323 e. The molecular weight excluding hydrogens is 352 g/mol. The Balaban J connectivity index is 2.26. The molecule has 0 unspecified atom stereocenters. The van der Waals surface area contributed by atoms with Crippen LogP contribution in [0.4, 0.5) is 0 Å². The number of nitrogens with zero attached hydrogens (tertiary/aromatic N) is 4. The van der Waals surface area contributed by atoms with Crippen molar-refractivity contribution < 1.29 is 19.4 Å². The Labute approximate surface area is 156 Å². The molecule has 0 radical (unpaired) electrons. The van der Waals surface area contributed by atoms with Crippen molar-refractivity contribution in [2.24, 2.45) is 0 Å². The van der Waals surface area contributed by atoms with Crippen molar-refractivity contribution in [3.63, 3.8) is 0 Å². The predicted octanol–water partition coefficient (Wildman–Crippen LogP) is 0.869. The first-order chi connectivity index (χ1) is 12.6. The highest BCUT2D eigenvalue weighted by atomic mass is 16.5. The molecule has 0 fully saturated rings. The molecule has 1 N–H and O–H groups in total. The average Bonchev–Trinajstić information content (AvgIpc) is 3.14. The molecule has 2 aromatic rings. The fourth-order valence-electron chi connectivity index (χ4n) is 3.33. The summed E-state index contributed by atoms with van der Waals surface area (Å²) in [7, 11) is 1.54. The van der Waals surface area contributed by atoms with Gasteiger partial charge in [-0.25, -0.2) is 0 Å². The van der Waals surface area contributed by atoms with Crippen molar-refractivity contribution >= 4 is 17.5 Å². The average molecular weight is 376 g/mol. The molecule has 1 amide bonds. The van der Waals surface area contributed by atoms with Crippen molar-refractivity contribution in [3.8, 4) is 0 Å². The summed E-state index contributed by atoms with van der Waals surface area (Å²) < 4.78 is 7.70. The van der Waals surface area contributed by atoms with Gasteiger partial charge in [0.2, 0.25) is 0 Å². The second-order valence-corrected chi connectivity index (χ2v) is 7.90. The first kappa shape index (κ1) is 19.1. The SMILES string of the molecule is COC[C@H](C)N1Cc2c(n(CC(=O)O)c3cc(C(C)(C)C)nn3c2=O)C1=O. The van der Waals surface area contributed by atoms with Gasteiger partial charge in [0.15, 0.2) is 0 Å². The Morgan fingerprint density at radius 1 is 1.37 bits per heavy atom. The van der Waals surface area contributed by atoms with Crippen LogP contribution in [0.5, 0.6) is 0 Å². The first-order valence-corrected chi connectivity index (χ1v) is 8.74. The van der Waals surface area contributed by atoms with E-state index in [1.165, 1.54) is 21.1 Å². The van der Waals surface area contributed by atoms with Gasteiger partial charge in [-0.15, -0.1) is 0 Å². The summed E-state index contributed by atoms with van der Waals surface area (Å²) in [5, 5.41) is 13.8. The van der Waals surface area contributed by atoms with Crippen LogP contribution in [0.1, 0.15) is 49.4 Å². The van der Waals surface area contributed by atoms with E-state index in [9.17, 15) is 19.5 Å². The molecule has 0 spiro atoms. The summed E-state index contributed by atoms with van der Waals surface area (Å²) in [6.07, 6.45) is 0. The lowest BCUT2D eigenvalue weighted by Gasteiger charge is -2.23. The molecule has 3 rings (SSSR count). The molecule has 0 aromatic carbocycles. The van der Waals surface area contributed by atoms with Gasteiger partial charge in [-0.3, -0.25) is 14.4 Å². The summed E-state index contributed by atoms with van der Waals surface area (Å²) in [4.78, 5) is 39.0. The standard InChI is InChI=1S/C18H24N4O5/c1-10(9-27-5)20-7-11-15(17(20)26)21(8-14(23)24)13-6-12(18(2,3)4)19-22(13)16(11)25/h6,10H,7-9H2,1-5H3,(H,23,24)/t10-/m0/s1. The normalized spacial score (nSPS) is 15.4. The molecule has 0 saturated heterocycles. The van der Waals surface area contributed by atoms with Gasteiger partial charge < -0.3 is 19.3 Å². The van der Waals surface area contributed by atoms with E-state index in [0.717, 1.165) is 0 Å². The van der Waals surface area contributed by atoms with Crippen LogP contribution in [0.3, 0.4) is 0 Å². The topological polar surface area (TPSA) is 106 Å². The van der Waals surface area contributed by atoms with Crippen molar-refractivity contribution in [2.75, 3.05) is 13.7 Å². The number of hydrogen-bond donors (Lipinski definition) is 1. The largest absolute Gasteiger partial charge is 0.480 e. The van der Waals surface area contributed by atoms with Crippen molar-refractivity contribution in [1.29, 1.82) is 0 Å². The van der Waals surface area contributed by atoms with E-state index in [1.54, 1.807) is 6.07 Å². The van der Waals surface area contributed by atoms with E-state index in [-0.39, 0.29) is 35.2 Å². The minimum atomic E-state index is -1.10. The summed E-state index contributed by atoms with van der Waals surface area (Å²) in [5.41, 5.74) is 0.628. The summed E-state index contributed by atoms with van der Waals surface area (Å²) in [6, 6.07) is 1.43. The van der Waals surface area contributed by atoms with Crippen LogP contribution in [0.2, 0.25) is 0 Å². The van der Waals surface area contributed by atoms with Gasteiger partial charge in [0.25, 0.3) is 11.5 Å². The number of carbonyl (C=O) groups excluding carboxylic acids is 1. The fourth-order valence-corrected chi connectivity index (χ4v) is 3.33. The third kappa shape index (κ3) is 3.12. The number of carboxylic acid groups (broad SMARTS) is 1. The monoisotopic (exact) mass is 376 g/mol. The third-order valence-corrected chi connectivity index (χ3v) is 4.77. The Morgan fingerprint density at radius 3 is 2.59 bits per heavy atom. The highest BCUT2D eigenvalue weighted by molar-refractivity contribution is 5.97. The Morgan fingerprint density at radius 2 is 2.04 bits per heavy atom.